The summed E-state index contributed by atoms with van der Waals surface area (Å²) in [5, 5.41) is 7.86. The van der Waals surface area contributed by atoms with Crippen molar-refractivity contribution in [3.63, 3.8) is 0 Å². The minimum Gasteiger partial charge on any atom is -0.316 e. The fourth-order valence-electron chi connectivity index (χ4n) is 2.34. The predicted octanol–water partition coefficient (Wildman–Crippen LogP) is 2.99. The van der Waals surface area contributed by atoms with E-state index in [0.29, 0.717) is 6.04 Å². The highest BCUT2D eigenvalue weighted by molar-refractivity contribution is 6.30. The average Bonchev–Trinajstić information content (AvgIpc) is 2.37. The molecule has 1 aliphatic rings. The van der Waals surface area contributed by atoms with Gasteiger partial charge < -0.3 is 10.6 Å². The van der Waals surface area contributed by atoms with Crippen molar-refractivity contribution in [1.82, 2.24) is 10.6 Å². The van der Waals surface area contributed by atoms with E-state index in [2.05, 4.69) is 23.6 Å². The molecule has 1 fully saturated rings. The summed E-state index contributed by atoms with van der Waals surface area (Å²) in [6.45, 7) is 5.61. The van der Waals surface area contributed by atoms with Gasteiger partial charge in [-0.05, 0) is 63.0 Å². The van der Waals surface area contributed by atoms with Crippen LogP contribution in [0.25, 0.3) is 0 Å². The Morgan fingerprint density at radius 2 is 2.41 bits per heavy atom. The van der Waals surface area contributed by atoms with Gasteiger partial charge in [0.2, 0.25) is 0 Å². The van der Waals surface area contributed by atoms with Gasteiger partial charge in [-0.15, -0.1) is 0 Å². The third kappa shape index (κ3) is 3.98. The van der Waals surface area contributed by atoms with E-state index >= 15 is 0 Å². The van der Waals surface area contributed by atoms with Crippen LogP contribution in [0.4, 0.5) is 0 Å². The lowest BCUT2D eigenvalue weighted by atomic mass is 9.99. The normalized spacial score (nSPS) is 22.4. The largest absolute Gasteiger partial charge is 0.316 e. The van der Waals surface area contributed by atoms with Crippen LogP contribution in [0.5, 0.6) is 0 Å². The molecule has 3 heteroatoms. The molecule has 2 N–H and O–H groups in total. The zero-order valence-electron chi connectivity index (χ0n) is 10.4. The SMILES string of the molecule is CC(NCC1CCCNC1)c1cccc(Cl)c1. The lowest BCUT2D eigenvalue weighted by Gasteiger charge is -2.25. The monoisotopic (exact) mass is 252 g/mol. The van der Waals surface area contributed by atoms with Crippen molar-refractivity contribution < 1.29 is 0 Å². The van der Waals surface area contributed by atoms with Crippen LogP contribution in [0.3, 0.4) is 0 Å². The molecule has 1 aliphatic heterocycles. The molecule has 2 nitrogen and oxygen atoms in total. The molecule has 2 unspecified atom stereocenters. The van der Waals surface area contributed by atoms with Gasteiger partial charge in [0.1, 0.15) is 0 Å². The zero-order valence-corrected chi connectivity index (χ0v) is 11.1. The molecule has 94 valence electrons. The summed E-state index contributed by atoms with van der Waals surface area (Å²) in [6.07, 6.45) is 2.64. The Morgan fingerprint density at radius 3 is 3.12 bits per heavy atom. The molecule has 0 saturated carbocycles. The van der Waals surface area contributed by atoms with E-state index in [9.17, 15) is 0 Å². The van der Waals surface area contributed by atoms with Gasteiger partial charge in [-0.1, -0.05) is 23.7 Å². The van der Waals surface area contributed by atoms with Gasteiger partial charge in [0.25, 0.3) is 0 Å². The van der Waals surface area contributed by atoms with Crippen LogP contribution in [-0.2, 0) is 0 Å². The van der Waals surface area contributed by atoms with Crippen LogP contribution >= 0.6 is 11.6 Å². The number of hydrogen-bond donors (Lipinski definition) is 2. The van der Waals surface area contributed by atoms with Gasteiger partial charge in [-0.3, -0.25) is 0 Å². The number of nitrogens with one attached hydrogen (secondary N) is 2. The van der Waals surface area contributed by atoms with Crippen LogP contribution < -0.4 is 10.6 Å². The van der Waals surface area contributed by atoms with Crippen molar-refractivity contribution in [1.29, 1.82) is 0 Å². The topological polar surface area (TPSA) is 24.1 Å². The second-order valence-electron chi connectivity index (χ2n) is 4.90. The standard InChI is InChI=1S/C14H21ClN2/c1-11(13-5-2-6-14(15)8-13)17-10-12-4-3-7-16-9-12/h2,5-6,8,11-12,16-17H,3-4,7,9-10H2,1H3. The highest BCUT2D eigenvalue weighted by Crippen LogP contribution is 2.18. The van der Waals surface area contributed by atoms with Crippen LogP contribution in [0.2, 0.25) is 5.02 Å². The molecule has 0 amide bonds. The molecule has 0 radical (unpaired) electrons. The third-order valence-electron chi connectivity index (χ3n) is 3.46. The molecule has 0 aromatic heterocycles. The Labute approximate surface area is 109 Å². The van der Waals surface area contributed by atoms with E-state index < -0.39 is 0 Å². The summed E-state index contributed by atoms with van der Waals surface area (Å²) < 4.78 is 0. The minimum atomic E-state index is 0.371. The van der Waals surface area contributed by atoms with Gasteiger partial charge in [-0.2, -0.15) is 0 Å². The van der Waals surface area contributed by atoms with Gasteiger partial charge in [0.15, 0.2) is 0 Å². The van der Waals surface area contributed by atoms with E-state index in [1.807, 2.05) is 18.2 Å². The first-order valence-corrected chi connectivity index (χ1v) is 6.83. The highest BCUT2D eigenvalue weighted by Gasteiger charge is 2.14. The maximum absolute atomic E-state index is 6.00. The maximum Gasteiger partial charge on any atom is 0.0409 e. The summed E-state index contributed by atoms with van der Waals surface area (Å²) in [6, 6.07) is 8.47. The lowest BCUT2D eigenvalue weighted by molar-refractivity contribution is 0.348. The zero-order chi connectivity index (χ0) is 12.1. The second-order valence-corrected chi connectivity index (χ2v) is 5.33. The number of benzene rings is 1. The number of halogens is 1. The van der Waals surface area contributed by atoms with Crippen LogP contribution in [0.1, 0.15) is 31.4 Å². The van der Waals surface area contributed by atoms with Crippen molar-refractivity contribution >= 4 is 11.6 Å². The van der Waals surface area contributed by atoms with Crippen molar-refractivity contribution in [2.45, 2.75) is 25.8 Å². The van der Waals surface area contributed by atoms with Crippen LogP contribution in [-0.4, -0.2) is 19.6 Å². The number of rotatable bonds is 4. The molecule has 0 spiro atoms. The molecular weight excluding hydrogens is 232 g/mol. The van der Waals surface area contributed by atoms with E-state index in [-0.39, 0.29) is 0 Å². The van der Waals surface area contributed by atoms with E-state index in [1.165, 1.54) is 24.9 Å². The molecule has 1 saturated heterocycles. The Hall–Kier alpha value is -0.570. The molecule has 2 atom stereocenters. The summed E-state index contributed by atoms with van der Waals surface area (Å²) in [7, 11) is 0. The van der Waals surface area contributed by atoms with Gasteiger partial charge >= 0.3 is 0 Å². The average molecular weight is 253 g/mol. The van der Waals surface area contributed by atoms with Crippen molar-refractivity contribution in [3.05, 3.63) is 34.9 Å². The second kappa shape index (κ2) is 6.39. The number of piperidine rings is 1. The maximum atomic E-state index is 6.00. The summed E-state index contributed by atoms with van der Waals surface area (Å²) in [4.78, 5) is 0. The van der Waals surface area contributed by atoms with Gasteiger partial charge in [-0.25, -0.2) is 0 Å². The van der Waals surface area contributed by atoms with Crippen molar-refractivity contribution in [3.8, 4) is 0 Å². The van der Waals surface area contributed by atoms with Crippen LogP contribution in [0.15, 0.2) is 24.3 Å². The van der Waals surface area contributed by atoms with E-state index in [4.69, 9.17) is 11.6 Å². The Bertz CT molecular complexity index is 348. The molecule has 2 rings (SSSR count). The lowest BCUT2D eigenvalue weighted by Crippen LogP contribution is -2.36. The molecule has 17 heavy (non-hydrogen) atoms. The molecule has 1 aromatic rings. The summed E-state index contributed by atoms with van der Waals surface area (Å²) in [5.74, 6) is 0.769. The van der Waals surface area contributed by atoms with E-state index in [0.717, 1.165) is 24.0 Å². The van der Waals surface area contributed by atoms with Crippen LogP contribution in [0, 0.1) is 5.92 Å². The fraction of sp³-hybridized carbons (Fsp3) is 0.571. The van der Waals surface area contributed by atoms with Crippen molar-refractivity contribution in [2.24, 2.45) is 5.92 Å². The van der Waals surface area contributed by atoms with Crippen molar-refractivity contribution in [2.75, 3.05) is 19.6 Å². The number of hydrogen-bond acceptors (Lipinski definition) is 2. The summed E-state index contributed by atoms with van der Waals surface area (Å²) >= 11 is 6.00. The Balaban J connectivity index is 1.82. The highest BCUT2D eigenvalue weighted by atomic mass is 35.5. The molecular formula is C14H21ClN2. The Morgan fingerprint density at radius 1 is 1.53 bits per heavy atom. The molecule has 0 aliphatic carbocycles. The smallest absolute Gasteiger partial charge is 0.0409 e. The Kier molecular flexibility index (Phi) is 4.84. The molecule has 1 aromatic carbocycles. The predicted molar refractivity (Wildman–Crippen MR) is 73.5 cm³/mol. The molecule has 1 heterocycles. The van der Waals surface area contributed by atoms with E-state index in [1.54, 1.807) is 0 Å². The first kappa shape index (κ1) is 12.9. The van der Waals surface area contributed by atoms with Gasteiger partial charge in [0.05, 0.1) is 0 Å². The van der Waals surface area contributed by atoms with Gasteiger partial charge in [0, 0.05) is 11.1 Å². The first-order chi connectivity index (χ1) is 8.25. The minimum absolute atomic E-state index is 0.371. The third-order valence-corrected chi connectivity index (χ3v) is 3.70. The first-order valence-electron chi connectivity index (χ1n) is 6.45. The fourth-order valence-corrected chi connectivity index (χ4v) is 2.53. The molecule has 0 bridgehead atoms. The summed E-state index contributed by atoms with van der Waals surface area (Å²) in [5.41, 5.74) is 1.27. The quantitative estimate of drug-likeness (QED) is 0.861.